The number of hydrogen-bond acceptors (Lipinski definition) is 3. The molecule has 0 heterocycles. The van der Waals surface area contributed by atoms with Gasteiger partial charge in [0.15, 0.2) is 6.61 Å². The summed E-state index contributed by atoms with van der Waals surface area (Å²) in [6.07, 6.45) is 8.30. The molecule has 2 saturated carbocycles. The molecule has 0 N–H and O–H groups in total. The van der Waals surface area contributed by atoms with Gasteiger partial charge in [0, 0.05) is 12.8 Å². The first kappa shape index (κ1) is 16.0. The lowest BCUT2D eigenvalue weighted by molar-refractivity contribution is -0.150. The number of carbonyl (C=O) groups excluding carboxylic acids is 2. The number of hydrogen-bond donors (Lipinski definition) is 0. The lowest BCUT2D eigenvalue weighted by atomic mass is 9.90. The maximum Gasteiger partial charge on any atom is 0.309 e. The minimum absolute atomic E-state index is 0.00511. The number of esters is 1. The maximum atomic E-state index is 12.2. The summed E-state index contributed by atoms with van der Waals surface area (Å²) in [5, 5.41) is 0. The molecule has 2 fully saturated rings. The molecular formula is C17H25NO3. The molecule has 0 aliphatic heterocycles. The van der Waals surface area contributed by atoms with E-state index in [1.807, 2.05) is 0 Å². The lowest BCUT2D eigenvalue weighted by Crippen LogP contribution is -2.34. The minimum atomic E-state index is -0.895. The van der Waals surface area contributed by atoms with Crippen LogP contribution >= 0.6 is 0 Å². The highest BCUT2D eigenvalue weighted by Crippen LogP contribution is 2.30. The van der Waals surface area contributed by atoms with E-state index < -0.39 is 5.54 Å². The zero-order valence-electron chi connectivity index (χ0n) is 12.9. The number of Topliss-reactive ketones (excluding diaryl/α,β-unsaturated/α-hetero) is 1. The summed E-state index contributed by atoms with van der Waals surface area (Å²) < 4.78 is 5.34. The largest absolute Gasteiger partial charge is 0.457 e. The van der Waals surface area contributed by atoms with Crippen molar-refractivity contribution in [3.63, 3.8) is 0 Å². The first-order valence-corrected chi connectivity index (χ1v) is 8.12. The van der Waals surface area contributed by atoms with Crippen LogP contribution in [-0.2, 0) is 14.3 Å². The zero-order valence-corrected chi connectivity index (χ0v) is 12.9. The van der Waals surface area contributed by atoms with Crippen molar-refractivity contribution in [3.8, 4) is 0 Å². The van der Waals surface area contributed by atoms with E-state index in [-0.39, 0.29) is 36.6 Å². The molecule has 1 unspecified atom stereocenters. The van der Waals surface area contributed by atoms with Gasteiger partial charge in [-0.2, -0.15) is 0 Å². The Morgan fingerprint density at radius 3 is 2.14 bits per heavy atom. The standard InChI is InChI=1S/C17H25NO3/c1-17(18-2,11-15(19)13-7-3-4-8-13)12-21-16(20)14-9-5-6-10-14/h13-14H,3-12H2,1H3. The molecule has 2 aliphatic carbocycles. The summed E-state index contributed by atoms with van der Waals surface area (Å²) in [6.45, 7) is 9.13. The highest BCUT2D eigenvalue weighted by molar-refractivity contribution is 5.82. The van der Waals surface area contributed by atoms with Crippen molar-refractivity contribution in [3.05, 3.63) is 11.4 Å². The smallest absolute Gasteiger partial charge is 0.309 e. The van der Waals surface area contributed by atoms with Crippen LogP contribution in [0.15, 0.2) is 0 Å². The average molecular weight is 291 g/mol. The van der Waals surface area contributed by atoms with Crippen molar-refractivity contribution in [1.82, 2.24) is 0 Å². The van der Waals surface area contributed by atoms with E-state index >= 15 is 0 Å². The molecule has 21 heavy (non-hydrogen) atoms. The van der Waals surface area contributed by atoms with Crippen molar-refractivity contribution in [1.29, 1.82) is 0 Å². The van der Waals surface area contributed by atoms with Crippen LogP contribution in [-0.4, -0.2) is 23.9 Å². The Kier molecular flexibility index (Phi) is 5.39. The Hall–Kier alpha value is -1.37. The number of rotatable bonds is 6. The summed E-state index contributed by atoms with van der Waals surface area (Å²) in [4.78, 5) is 27.8. The van der Waals surface area contributed by atoms with E-state index in [4.69, 9.17) is 11.3 Å². The van der Waals surface area contributed by atoms with Crippen LogP contribution < -0.4 is 0 Å². The molecule has 1 atom stereocenters. The van der Waals surface area contributed by atoms with Crippen LogP contribution in [0.3, 0.4) is 0 Å². The van der Waals surface area contributed by atoms with Gasteiger partial charge in [-0.15, -0.1) is 0 Å². The Morgan fingerprint density at radius 2 is 1.62 bits per heavy atom. The quantitative estimate of drug-likeness (QED) is 0.555. The fourth-order valence-corrected chi connectivity index (χ4v) is 3.40. The fourth-order valence-electron chi connectivity index (χ4n) is 3.40. The predicted molar refractivity (Wildman–Crippen MR) is 79.5 cm³/mol. The number of ketones is 1. The van der Waals surface area contributed by atoms with Crippen molar-refractivity contribution in [2.75, 3.05) is 6.61 Å². The number of nitrogens with zero attached hydrogens (tertiary/aromatic N) is 1. The summed E-state index contributed by atoms with van der Waals surface area (Å²) in [5.41, 5.74) is -0.895. The second-order valence-corrected chi connectivity index (χ2v) is 6.82. The van der Waals surface area contributed by atoms with Crippen LogP contribution in [0.2, 0.25) is 0 Å². The molecule has 0 aromatic heterocycles. The first-order chi connectivity index (χ1) is 10.0. The third kappa shape index (κ3) is 4.30. The van der Waals surface area contributed by atoms with Crippen LogP contribution in [0.1, 0.15) is 64.7 Å². The molecule has 2 aliphatic rings. The van der Waals surface area contributed by atoms with E-state index in [2.05, 4.69) is 4.85 Å². The molecule has 0 saturated heterocycles. The molecule has 4 heteroatoms. The van der Waals surface area contributed by atoms with E-state index in [1.165, 1.54) is 0 Å². The number of ether oxygens (including phenoxy) is 1. The summed E-state index contributed by atoms with van der Waals surface area (Å²) >= 11 is 0. The van der Waals surface area contributed by atoms with Gasteiger partial charge in [0.25, 0.3) is 5.54 Å². The Labute approximate surface area is 127 Å². The molecule has 0 aromatic rings. The van der Waals surface area contributed by atoms with E-state index in [1.54, 1.807) is 6.92 Å². The predicted octanol–water partition coefficient (Wildman–Crippen LogP) is 3.55. The van der Waals surface area contributed by atoms with Gasteiger partial charge in [-0.1, -0.05) is 25.7 Å². The van der Waals surface area contributed by atoms with Crippen molar-refractivity contribution >= 4 is 11.8 Å². The second-order valence-electron chi connectivity index (χ2n) is 6.82. The molecule has 4 nitrogen and oxygen atoms in total. The Balaban J connectivity index is 1.83. The molecule has 0 bridgehead atoms. The molecule has 2 rings (SSSR count). The van der Waals surface area contributed by atoms with E-state index in [0.29, 0.717) is 0 Å². The van der Waals surface area contributed by atoms with Gasteiger partial charge in [0.05, 0.1) is 12.3 Å². The van der Waals surface area contributed by atoms with Crippen molar-refractivity contribution in [2.24, 2.45) is 11.8 Å². The van der Waals surface area contributed by atoms with Gasteiger partial charge in [-0.3, -0.25) is 9.59 Å². The lowest BCUT2D eigenvalue weighted by Gasteiger charge is -2.19. The topological polar surface area (TPSA) is 47.7 Å². The Bertz CT molecular complexity index is 428. The van der Waals surface area contributed by atoms with E-state index in [9.17, 15) is 9.59 Å². The van der Waals surface area contributed by atoms with Gasteiger partial charge in [-0.05, 0) is 25.7 Å². The van der Waals surface area contributed by atoms with Crippen molar-refractivity contribution < 1.29 is 14.3 Å². The molecule has 0 aromatic carbocycles. The molecular weight excluding hydrogens is 266 g/mol. The SMILES string of the molecule is [C-]#[N+]C(C)(COC(=O)C1CCCC1)CC(=O)C1CCCC1. The Morgan fingerprint density at radius 1 is 1.10 bits per heavy atom. The summed E-state index contributed by atoms with van der Waals surface area (Å²) in [5.74, 6) is 0.112. The number of carbonyl (C=O) groups is 2. The van der Waals surface area contributed by atoms with Crippen LogP contribution in [0.25, 0.3) is 4.85 Å². The van der Waals surface area contributed by atoms with Crippen molar-refractivity contribution in [2.45, 2.75) is 70.3 Å². The average Bonchev–Trinajstić information content (AvgIpc) is 3.16. The van der Waals surface area contributed by atoms with Gasteiger partial charge >= 0.3 is 5.97 Å². The van der Waals surface area contributed by atoms with Crippen LogP contribution in [0.4, 0.5) is 0 Å². The van der Waals surface area contributed by atoms with Gasteiger partial charge in [0.2, 0.25) is 0 Å². The zero-order chi connectivity index (χ0) is 15.3. The molecule has 0 radical (unpaired) electrons. The van der Waals surface area contributed by atoms with Gasteiger partial charge < -0.3 is 9.58 Å². The van der Waals surface area contributed by atoms with Crippen LogP contribution in [0.5, 0.6) is 0 Å². The molecule has 116 valence electrons. The maximum absolute atomic E-state index is 12.2. The third-order valence-electron chi connectivity index (χ3n) is 4.85. The second kappa shape index (κ2) is 7.06. The normalized spacial score (nSPS) is 22.7. The fraction of sp³-hybridized carbons (Fsp3) is 0.824. The summed E-state index contributed by atoms with van der Waals surface area (Å²) in [6, 6.07) is 0. The first-order valence-electron chi connectivity index (χ1n) is 8.12. The minimum Gasteiger partial charge on any atom is -0.457 e. The van der Waals surface area contributed by atoms with Gasteiger partial charge in [-0.25, -0.2) is 6.57 Å². The third-order valence-corrected chi connectivity index (χ3v) is 4.85. The summed E-state index contributed by atoms with van der Waals surface area (Å²) in [7, 11) is 0. The molecule has 0 spiro atoms. The molecule has 0 amide bonds. The highest BCUT2D eigenvalue weighted by atomic mass is 16.5. The van der Waals surface area contributed by atoms with Gasteiger partial charge in [0.1, 0.15) is 5.78 Å². The monoisotopic (exact) mass is 291 g/mol. The van der Waals surface area contributed by atoms with Crippen LogP contribution in [0, 0.1) is 18.4 Å². The highest BCUT2D eigenvalue weighted by Gasteiger charge is 2.39. The van der Waals surface area contributed by atoms with E-state index in [0.717, 1.165) is 51.4 Å².